The fraction of sp³-hybridized carbons (Fsp3) is 0.161. The zero-order chi connectivity index (χ0) is 27.6. The van der Waals surface area contributed by atoms with Gasteiger partial charge in [-0.05, 0) is 53.6 Å². The highest BCUT2D eigenvalue weighted by atomic mass is 19.1. The highest BCUT2D eigenvalue weighted by molar-refractivity contribution is 5.94. The normalized spacial score (nSPS) is 14.0. The van der Waals surface area contributed by atoms with Crippen molar-refractivity contribution in [2.24, 2.45) is 0 Å². The molecule has 3 heterocycles. The molecule has 0 radical (unpaired) electrons. The van der Waals surface area contributed by atoms with Gasteiger partial charge in [-0.1, -0.05) is 36.4 Å². The maximum atomic E-state index is 13.7. The van der Waals surface area contributed by atoms with Crippen LogP contribution in [-0.4, -0.2) is 56.2 Å². The Morgan fingerprint density at radius 1 is 0.850 bits per heavy atom. The molecule has 200 valence electrons. The molecule has 6 rings (SSSR count). The molecular weight excluding hydrogens is 509 g/mol. The largest absolute Gasteiger partial charge is 0.336 e. The molecule has 9 heteroatoms. The number of aromatic nitrogens is 2. The number of amides is 1. The third kappa shape index (κ3) is 5.06. The fourth-order valence-corrected chi connectivity index (χ4v) is 5.14. The van der Waals surface area contributed by atoms with Crippen LogP contribution in [0.25, 0.3) is 28.0 Å². The number of fused-ring (bicyclic) bond motifs is 1. The number of carbonyl (C=O) groups is 1. The Labute approximate surface area is 230 Å². The van der Waals surface area contributed by atoms with Gasteiger partial charge in [0.15, 0.2) is 0 Å². The van der Waals surface area contributed by atoms with Crippen LogP contribution in [0.15, 0.2) is 97.2 Å². The zero-order valence-corrected chi connectivity index (χ0v) is 21.6. The van der Waals surface area contributed by atoms with Gasteiger partial charge >= 0.3 is 0 Å². The van der Waals surface area contributed by atoms with E-state index in [-0.39, 0.29) is 11.6 Å². The van der Waals surface area contributed by atoms with Crippen LogP contribution in [0, 0.1) is 15.9 Å². The van der Waals surface area contributed by atoms with Gasteiger partial charge in [-0.25, -0.2) is 9.37 Å². The Kier molecular flexibility index (Phi) is 6.79. The summed E-state index contributed by atoms with van der Waals surface area (Å²) in [7, 11) is 0. The highest BCUT2D eigenvalue weighted by Crippen LogP contribution is 2.30. The molecule has 0 N–H and O–H groups in total. The van der Waals surface area contributed by atoms with Crippen molar-refractivity contribution in [3.63, 3.8) is 0 Å². The first-order chi connectivity index (χ1) is 19.5. The summed E-state index contributed by atoms with van der Waals surface area (Å²) in [6.07, 6.45) is 2.08. The van der Waals surface area contributed by atoms with E-state index >= 15 is 0 Å². The standard InChI is InChI=1S/C31H26FN5O3/c32-26-8-4-7-24(19-26)31(38)35-17-15-34(16-18-35)21-28-30(23-9-12-27(13-10-23)37(39)40)33-29-14-11-25(20-36(28)29)22-5-2-1-3-6-22/h1-14,19-20H,15-18,21H2. The van der Waals surface area contributed by atoms with Gasteiger partial charge in [-0.2, -0.15) is 0 Å². The number of hydrogen-bond donors (Lipinski definition) is 0. The van der Waals surface area contributed by atoms with E-state index in [0.717, 1.165) is 33.7 Å². The average molecular weight is 536 g/mol. The van der Waals surface area contributed by atoms with Crippen molar-refractivity contribution in [3.05, 3.63) is 124 Å². The molecule has 5 aromatic rings. The van der Waals surface area contributed by atoms with Crippen molar-refractivity contribution in [3.8, 4) is 22.4 Å². The van der Waals surface area contributed by atoms with Crippen molar-refractivity contribution in [2.45, 2.75) is 6.54 Å². The summed E-state index contributed by atoms with van der Waals surface area (Å²) < 4.78 is 15.7. The van der Waals surface area contributed by atoms with Crippen molar-refractivity contribution >= 4 is 17.2 Å². The summed E-state index contributed by atoms with van der Waals surface area (Å²) in [5, 5.41) is 11.2. The molecule has 1 saturated heterocycles. The maximum absolute atomic E-state index is 13.7. The van der Waals surface area contributed by atoms with Crippen LogP contribution >= 0.6 is 0 Å². The molecule has 1 aliphatic rings. The van der Waals surface area contributed by atoms with E-state index in [4.69, 9.17) is 4.98 Å². The second-order valence-electron chi connectivity index (χ2n) is 9.80. The van der Waals surface area contributed by atoms with Crippen LogP contribution in [0.1, 0.15) is 16.1 Å². The van der Waals surface area contributed by atoms with Gasteiger partial charge in [0.1, 0.15) is 11.5 Å². The first-order valence-electron chi connectivity index (χ1n) is 13.0. The molecule has 8 nitrogen and oxygen atoms in total. The maximum Gasteiger partial charge on any atom is 0.269 e. The van der Waals surface area contributed by atoms with Crippen molar-refractivity contribution < 1.29 is 14.1 Å². The number of benzene rings is 3. The fourth-order valence-electron chi connectivity index (χ4n) is 5.14. The predicted octanol–water partition coefficient (Wildman–Crippen LogP) is 5.67. The minimum atomic E-state index is -0.425. The Hall–Kier alpha value is -4.89. The number of non-ortho nitro benzene ring substituents is 1. The molecule has 2 aromatic heterocycles. The number of pyridine rings is 1. The number of halogens is 1. The van der Waals surface area contributed by atoms with E-state index in [9.17, 15) is 19.3 Å². The minimum Gasteiger partial charge on any atom is -0.336 e. The Morgan fingerprint density at radius 3 is 2.27 bits per heavy atom. The van der Waals surface area contributed by atoms with Gasteiger partial charge < -0.3 is 9.30 Å². The number of nitrogens with zero attached hydrogens (tertiary/aromatic N) is 5. The third-order valence-corrected chi connectivity index (χ3v) is 7.28. The summed E-state index contributed by atoms with van der Waals surface area (Å²) in [6.45, 7) is 2.91. The molecule has 0 spiro atoms. The molecule has 1 aliphatic heterocycles. The van der Waals surface area contributed by atoms with Crippen LogP contribution in [-0.2, 0) is 6.54 Å². The number of carbonyl (C=O) groups excluding carboxylic acids is 1. The number of piperazine rings is 1. The smallest absolute Gasteiger partial charge is 0.269 e. The summed E-state index contributed by atoms with van der Waals surface area (Å²) in [5.41, 5.74) is 5.82. The molecule has 3 aromatic carbocycles. The van der Waals surface area contributed by atoms with E-state index in [1.54, 1.807) is 29.2 Å². The lowest BCUT2D eigenvalue weighted by Gasteiger charge is -2.34. The first kappa shape index (κ1) is 25.4. The van der Waals surface area contributed by atoms with E-state index in [1.807, 2.05) is 30.3 Å². The molecule has 0 aliphatic carbocycles. The minimum absolute atomic E-state index is 0.0273. The molecular formula is C31H26FN5O3. The monoisotopic (exact) mass is 535 g/mol. The van der Waals surface area contributed by atoms with Crippen LogP contribution in [0.5, 0.6) is 0 Å². The number of rotatable bonds is 6. The molecule has 1 amide bonds. The molecule has 40 heavy (non-hydrogen) atoms. The summed E-state index contributed by atoms with van der Waals surface area (Å²) >= 11 is 0. The second-order valence-corrected chi connectivity index (χ2v) is 9.80. The van der Waals surface area contributed by atoms with Crippen LogP contribution in [0.4, 0.5) is 10.1 Å². The number of nitro benzene ring substituents is 1. The van der Waals surface area contributed by atoms with Crippen molar-refractivity contribution in [1.82, 2.24) is 19.2 Å². The molecule has 1 fully saturated rings. The van der Waals surface area contributed by atoms with Crippen LogP contribution < -0.4 is 0 Å². The average Bonchev–Trinajstić information content (AvgIpc) is 3.35. The molecule has 0 saturated carbocycles. The van der Waals surface area contributed by atoms with Gasteiger partial charge in [-0.3, -0.25) is 19.8 Å². The summed E-state index contributed by atoms with van der Waals surface area (Å²) in [4.78, 5) is 32.6. The summed E-state index contributed by atoms with van der Waals surface area (Å²) in [5.74, 6) is -0.598. The lowest BCUT2D eigenvalue weighted by atomic mass is 10.1. The van der Waals surface area contributed by atoms with Gasteiger partial charge in [0.2, 0.25) is 0 Å². The van der Waals surface area contributed by atoms with E-state index < -0.39 is 10.7 Å². The molecule has 0 unspecified atom stereocenters. The number of imidazole rings is 1. The van der Waals surface area contributed by atoms with Crippen LogP contribution in [0.2, 0.25) is 0 Å². The Bertz CT molecular complexity index is 1690. The first-order valence-corrected chi connectivity index (χ1v) is 13.0. The highest BCUT2D eigenvalue weighted by Gasteiger charge is 2.25. The quantitative estimate of drug-likeness (QED) is 0.207. The van der Waals surface area contributed by atoms with Gasteiger partial charge in [0, 0.05) is 62.2 Å². The summed E-state index contributed by atoms with van der Waals surface area (Å²) in [6, 6.07) is 26.4. The van der Waals surface area contributed by atoms with E-state index in [2.05, 4.69) is 27.6 Å². The van der Waals surface area contributed by atoms with Crippen LogP contribution in [0.3, 0.4) is 0 Å². The molecule has 0 atom stereocenters. The second kappa shape index (κ2) is 10.7. The SMILES string of the molecule is O=C(c1cccc(F)c1)N1CCN(Cc2c(-c3ccc([N+](=O)[O-])cc3)nc3ccc(-c4ccccc4)cn23)CC1. The van der Waals surface area contributed by atoms with E-state index in [1.165, 1.54) is 24.3 Å². The predicted molar refractivity (Wildman–Crippen MR) is 150 cm³/mol. The topological polar surface area (TPSA) is 84.0 Å². The Balaban J connectivity index is 1.30. The van der Waals surface area contributed by atoms with Crippen molar-refractivity contribution in [1.29, 1.82) is 0 Å². The van der Waals surface area contributed by atoms with Crippen molar-refractivity contribution in [2.75, 3.05) is 26.2 Å². The number of hydrogen-bond acceptors (Lipinski definition) is 5. The third-order valence-electron chi connectivity index (χ3n) is 7.28. The van der Waals surface area contributed by atoms with E-state index in [0.29, 0.717) is 38.3 Å². The van der Waals surface area contributed by atoms with Gasteiger partial charge in [0.25, 0.3) is 11.6 Å². The van der Waals surface area contributed by atoms with Gasteiger partial charge in [-0.15, -0.1) is 0 Å². The van der Waals surface area contributed by atoms with Gasteiger partial charge in [0.05, 0.1) is 16.3 Å². The Morgan fingerprint density at radius 2 is 1.57 bits per heavy atom. The number of nitro groups is 1. The zero-order valence-electron chi connectivity index (χ0n) is 21.6. The lowest BCUT2D eigenvalue weighted by Crippen LogP contribution is -2.48. The lowest BCUT2D eigenvalue weighted by molar-refractivity contribution is -0.384. The molecule has 0 bridgehead atoms.